The van der Waals surface area contributed by atoms with E-state index in [1.54, 1.807) is 18.2 Å². The Hall–Kier alpha value is -1.19. The first-order valence-corrected chi connectivity index (χ1v) is 6.05. The highest BCUT2D eigenvalue weighted by Gasteiger charge is 2.39. The van der Waals surface area contributed by atoms with Gasteiger partial charge in [-0.05, 0) is 52.9 Å². The van der Waals surface area contributed by atoms with Crippen molar-refractivity contribution in [2.24, 2.45) is 4.99 Å². The van der Waals surface area contributed by atoms with Crippen LogP contribution in [0.25, 0.3) is 0 Å². The van der Waals surface area contributed by atoms with E-state index in [4.69, 9.17) is 4.74 Å². The van der Waals surface area contributed by atoms with Gasteiger partial charge >= 0.3 is 0 Å². The van der Waals surface area contributed by atoms with Gasteiger partial charge in [-0.25, -0.2) is 9.18 Å². The lowest BCUT2D eigenvalue weighted by atomic mass is 9.72. The molecule has 0 unspecified atom stereocenters. The smallest absolute Gasteiger partial charge is 0.235 e. The molecular formula is C12H11BrFNO2. The number of benzene rings is 1. The molecule has 0 radical (unpaired) electrons. The second-order valence-corrected chi connectivity index (χ2v) is 4.92. The number of carbonyl (C=O) groups excluding carboxylic acids is 1. The molecule has 5 heteroatoms. The number of halogens is 2. The van der Waals surface area contributed by atoms with Crippen molar-refractivity contribution >= 4 is 22.0 Å². The zero-order chi connectivity index (χ0) is 12.5. The number of hydrogen-bond donors (Lipinski definition) is 0. The number of nitrogens with zero attached hydrogens (tertiary/aromatic N) is 1. The van der Waals surface area contributed by atoms with Crippen LogP contribution in [0, 0.1) is 5.82 Å². The van der Waals surface area contributed by atoms with Gasteiger partial charge < -0.3 is 4.74 Å². The first-order valence-electron chi connectivity index (χ1n) is 5.25. The Balaban J connectivity index is 2.52. The normalized spacial score (nSPS) is 16.9. The summed E-state index contributed by atoms with van der Waals surface area (Å²) in [5.74, 6) is -0.289. The third-order valence-corrected chi connectivity index (χ3v) is 3.77. The SMILES string of the molecule is COc1cc(C2(N=C=O)CCC2)cc(Br)c1F. The van der Waals surface area contributed by atoms with Gasteiger partial charge in [0.05, 0.1) is 17.1 Å². The first kappa shape index (κ1) is 12.3. The van der Waals surface area contributed by atoms with Gasteiger partial charge in [0.1, 0.15) is 0 Å². The van der Waals surface area contributed by atoms with Crippen molar-refractivity contribution in [3.63, 3.8) is 0 Å². The summed E-state index contributed by atoms with van der Waals surface area (Å²) in [4.78, 5) is 14.4. The second-order valence-electron chi connectivity index (χ2n) is 4.06. The predicted molar refractivity (Wildman–Crippen MR) is 64.3 cm³/mol. The minimum absolute atomic E-state index is 0.154. The molecule has 17 heavy (non-hydrogen) atoms. The van der Waals surface area contributed by atoms with Crippen LogP contribution in [-0.2, 0) is 10.3 Å². The van der Waals surface area contributed by atoms with Crippen molar-refractivity contribution in [1.29, 1.82) is 0 Å². The van der Waals surface area contributed by atoms with E-state index in [0.717, 1.165) is 24.8 Å². The largest absolute Gasteiger partial charge is 0.494 e. The molecule has 0 N–H and O–H groups in total. The number of ether oxygens (including phenoxy) is 1. The number of aliphatic imine (C=N–C) groups is 1. The number of methoxy groups -OCH3 is 1. The summed E-state index contributed by atoms with van der Waals surface area (Å²) in [6.45, 7) is 0. The highest BCUT2D eigenvalue weighted by atomic mass is 79.9. The van der Waals surface area contributed by atoms with Crippen LogP contribution in [0.5, 0.6) is 5.75 Å². The van der Waals surface area contributed by atoms with Crippen molar-refractivity contribution in [3.8, 4) is 5.75 Å². The van der Waals surface area contributed by atoms with E-state index in [-0.39, 0.29) is 5.75 Å². The average Bonchev–Trinajstić information content (AvgIpc) is 2.27. The quantitative estimate of drug-likeness (QED) is 0.634. The van der Waals surface area contributed by atoms with E-state index in [0.29, 0.717) is 4.47 Å². The molecule has 0 bridgehead atoms. The topological polar surface area (TPSA) is 38.7 Å². The lowest BCUT2D eigenvalue weighted by Crippen LogP contribution is -2.32. The van der Waals surface area contributed by atoms with Crippen LogP contribution >= 0.6 is 15.9 Å². The van der Waals surface area contributed by atoms with Crippen molar-refractivity contribution in [2.75, 3.05) is 7.11 Å². The fraction of sp³-hybridized carbons (Fsp3) is 0.417. The van der Waals surface area contributed by atoms with Crippen molar-refractivity contribution in [2.45, 2.75) is 24.8 Å². The third-order valence-electron chi connectivity index (χ3n) is 3.19. The zero-order valence-corrected chi connectivity index (χ0v) is 10.9. The Morgan fingerprint density at radius 3 is 2.71 bits per heavy atom. The van der Waals surface area contributed by atoms with Crippen LogP contribution in [0.4, 0.5) is 4.39 Å². The van der Waals surface area contributed by atoms with Crippen LogP contribution in [0.1, 0.15) is 24.8 Å². The number of hydrogen-bond acceptors (Lipinski definition) is 3. The molecule has 0 atom stereocenters. The van der Waals surface area contributed by atoms with Crippen molar-refractivity contribution in [3.05, 3.63) is 28.0 Å². The molecule has 1 fully saturated rings. The molecule has 1 aromatic rings. The molecule has 0 heterocycles. The van der Waals surface area contributed by atoms with Gasteiger partial charge in [-0.1, -0.05) is 0 Å². The van der Waals surface area contributed by atoms with Gasteiger partial charge in [0.2, 0.25) is 6.08 Å². The minimum Gasteiger partial charge on any atom is -0.494 e. The molecule has 2 rings (SSSR count). The van der Waals surface area contributed by atoms with Crippen molar-refractivity contribution < 1.29 is 13.9 Å². The highest BCUT2D eigenvalue weighted by molar-refractivity contribution is 9.10. The molecule has 90 valence electrons. The van der Waals surface area contributed by atoms with Crippen molar-refractivity contribution in [1.82, 2.24) is 0 Å². The molecular weight excluding hydrogens is 289 g/mol. The Morgan fingerprint density at radius 1 is 1.53 bits per heavy atom. The Bertz CT molecular complexity index is 494. The Labute approximate surface area is 107 Å². The standard InChI is InChI=1S/C12H11BrFNO2/c1-17-10-6-8(5-9(13)11(10)14)12(15-7-16)3-2-4-12/h5-6H,2-4H2,1H3. The van der Waals surface area contributed by atoms with Crippen LogP contribution in [-0.4, -0.2) is 13.2 Å². The molecule has 0 aliphatic heterocycles. The van der Waals surface area contributed by atoms with E-state index in [1.807, 2.05) is 0 Å². The lowest BCUT2D eigenvalue weighted by molar-refractivity contribution is 0.254. The highest BCUT2D eigenvalue weighted by Crippen LogP contribution is 2.46. The van der Waals surface area contributed by atoms with E-state index in [1.165, 1.54) is 7.11 Å². The summed E-state index contributed by atoms with van der Waals surface area (Å²) in [6, 6.07) is 3.25. The van der Waals surface area contributed by atoms with E-state index in [9.17, 15) is 9.18 Å². The summed E-state index contributed by atoms with van der Waals surface area (Å²) >= 11 is 3.14. The molecule has 0 amide bonds. The molecule has 1 saturated carbocycles. The summed E-state index contributed by atoms with van der Waals surface area (Å²) in [5.41, 5.74) is 0.253. The van der Waals surface area contributed by atoms with E-state index >= 15 is 0 Å². The molecule has 0 aromatic heterocycles. The first-order chi connectivity index (χ1) is 8.13. The monoisotopic (exact) mass is 299 g/mol. The maximum atomic E-state index is 13.6. The minimum atomic E-state index is -0.536. The van der Waals surface area contributed by atoms with Gasteiger partial charge in [-0.2, -0.15) is 4.99 Å². The fourth-order valence-electron chi connectivity index (χ4n) is 2.05. The maximum Gasteiger partial charge on any atom is 0.235 e. The molecule has 0 saturated heterocycles. The van der Waals surface area contributed by atoms with Gasteiger partial charge in [-0.15, -0.1) is 0 Å². The van der Waals surface area contributed by atoms with Crippen LogP contribution in [0.3, 0.4) is 0 Å². The lowest BCUT2D eigenvalue weighted by Gasteiger charge is -2.37. The third kappa shape index (κ3) is 2.01. The predicted octanol–water partition coefficient (Wildman–Crippen LogP) is 3.31. The molecule has 0 spiro atoms. The van der Waals surface area contributed by atoms with Gasteiger partial charge in [-0.3, -0.25) is 0 Å². The van der Waals surface area contributed by atoms with E-state index in [2.05, 4.69) is 20.9 Å². The summed E-state index contributed by atoms with van der Waals surface area (Å²) in [6.07, 6.45) is 4.17. The molecule has 3 nitrogen and oxygen atoms in total. The van der Waals surface area contributed by atoms with Crippen LogP contribution in [0.2, 0.25) is 0 Å². The molecule has 1 aliphatic rings. The Kier molecular flexibility index (Phi) is 3.31. The fourth-order valence-corrected chi connectivity index (χ4v) is 2.49. The summed E-state index contributed by atoms with van der Waals surface area (Å²) < 4.78 is 18.9. The number of rotatable bonds is 3. The van der Waals surface area contributed by atoms with Crippen LogP contribution in [0.15, 0.2) is 21.6 Å². The maximum absolute atomic E-state index is 13.6. The summed E-state index contributed by atoms with van der Waals surface area (Å²) in [5, 5.41) is 0. The summed E-state index contributed by atoms with van der Waals surface area (Å²) in [7, 11) is 1.41. The van der Waals surface area contributed by atoms with Gasteiger partial charge in [0.25, 0.3) is 0 Å². The van der Waals surface area contributed by atoms with Gasteiger partial charge in [0.15, 0.2) is 11.6 Å². The van der Waals surface area contributed by atoms with E-state index < -0.39 is 11.4 Å². The molecule has 1 aliphatic carbocycles. The number of isocyanates is 1. The average molecular weight is 300 g/mol. The van der Waals surface area contributed by atoms with Gasteiger partial charge in [0, 0.05) is 0 Å². The van der Waals surface area contributed by atoms with Crippen LogP contribution < -0.4 is 4.74 Å². The molecule has 1 aromatic carbocycles. The second kappa shape index (κ2) is 4.59. The zero-order valence-electron chi connectivity index (χ0n) is 9.30. The Morgan fingerprint density at radius 2 is 2.24 bits per heavy atom.